The van der Waals surface area contributed by atoms with Crippen molar-refractivity contribution in [1.29, 1.82) is 0 Å². The van der Waals surface area contributed by atoms with Crippen LogP contribution in [0.25, 0.3) is 0 Å². The van der Waals surface area contributed by atoms with Crippen LogP contribution in [0.2, 0.25) is 0 Å². The van der Waals surface area contributed by atoms with Crippen molar-refractivity contribution in [2.24, 2.45) is 5.92 Å². The molecule has 1 N–H and O–H groups in total. The minimum absolute atomic E-state index is 0.112. The van der Waals surface area contributed by atoms with E-state index < -0.39 is 0 Å². The van der Waals surface area contributed by atoms with Gasteiger partial charge in [0.15, 0.2) is 0 Å². The molecular weight excluding hydrogens is 230 g/mol. The highest BCUT2D eigenvalue weighted by molar-refractivity contribution is 5.77. The fraction of sp³-hybridized carbons (Fsp3) is 0.846. The van der Waals surface area contributed by atoms with Crippen molar-refractivity contribution < 1.29 is 9.59 Å². The van der Waals surface area contributed by atoms with Crippen molar-refractivity contribution in [3.8, 4) is 0 Å². The highest BCUT2D eigenvalue weighted by Crippen LogP contribution is 2.17. The van der Waals surface area contributed by atoms with Gasteiger partial charge in [-0.15, -0.1) is 0 Å². The lowest BCUT2D eigenvalue weighted by Gasteiger charge is -2.35. The van der Waals surface area contributed by atoms with E-state index >= 15 is 0 Å². The van der Waals surface area contributed by atoms with Crippen LogP contribution in [0.5, 0.6) is 0 Å². The second-order valence-corrected chi connectivity index (χ2v) is 5.28. The Bertz CT molecular complexity index is 305. The van der Waals surface area contributed by atoms with Gasteiger partial charge >= 0.3 is 0 Å². The Hall–Kier alpha value is -1.10. The molecule has 2 fully saturated rings. The molecular formula is C13H23N3O2. The molecule has 18 heavy (non-hydrogen) atoms. The molecule has 0 aromatic carbocycles. The summed E-state index contributed by atoms with van der Waals surface area (Å²) in [5.41, 5.74) is 0. The smallest absolute Gasteiger partial charge is 0.222 e. The number of rotatable bonds is 2. The Kier molecular flexibility index (Phi) is 4.58. The number of carbonyl (C=O) groups is 2. The first-order chi connectivity index (χ1) is 8.66. The highest BCUT2D eigenvalue weighted by atomic mass is 16.2. The molecule has 0 atom stereocenters. The Morgan fingerprint density at radius 1 is 1.06 bits per heavy atom. The molecule has 5 nitrogen and oxygen atoms in total. The summed E-state index contributed by atoms with van der Waals surface area (Å²) in [4.78, 5) is 27.1. The van der Waals surface area contributed by atoms with Gasteiger partial charge < -0.3 is 15.1 Å². The number of piperazine rings is 1. The first-order valence-corrected chi connectivity index (χ1v) is 6.91. The number of amides is 2. The van der Waals surface area contributed by atoms with Crippen LogP contribution < -0.4 is 5.32 Å². The molecule has 2 aliphatic heterocycles. The van der Waals surface area contributed by atoms with Crippen molar-refractivity contribution in [3.05, 3.63) is 0 Å². The maximum atomic E-state index is 12.1. The maximum absolute atomic E-state index is 12.1. The maximum Gasteiger partial charge on any atom is 0.222 e. The predicted molar refractivity (Wildman–Crippen MR) is 69.0 cm³/mol. The van der Waals surface area contributed by atoms with Crippen molar-refractivity contribution in [2.75, 3.05) is 39.3 Å². The lowest BCUT2D eigenvalue weighted by molar-refractivity contribution is -0.139. The molecule has 2 rings (SSSR count). The normalized spacial score (nSPS) is 22.1. The molecule has 0 aromatic heterocycles. The Morgan fingerprint density at radius 3 is 2.17 bits per heavy atom. The Morgan fingerprint density at radius 2 is 1.61 bits per heavy atom. The minimum atomic E-state index is 0.112. The van der Waals surface area contributed by atoms with Crippen molar-refractivity contribution in [2.45, 2.75) is 26.2 Å². The number of piperidine rings is 1. The van der Waals surface area contributed by atoms with Gasteiger partial charge in [-0.2, -0.15) is 0 Å². The van der Waals surface area contributed by atoms with E-state index in [0.29, 0.717) is 38.5 Å². The largest absolute Gasteiger partial charge is 0.339 e. The summed E-state index contributed by atoms with van der Waals surface area (Å²) in [6, 6.07) is 0. The first-order valence-electron chi connectivity index (χ1n) is 6.91. The Balaban J connectivity index is 1.75. The van der Waals surface area contributed by atoms with Crippen LogP contribution in [-0.2, 0) is 9.59 Å². The van der Waals surface area contributed by atoms with Crippen molar-refractivity contribution in [3.63, 3.8) is 0 Å². The minimum Gasteiger partial charge on any atom is -0.339 e. The molecule has 2 saturated heterocycles. The van der Waals surface area contributed by atoms with Crippen LogP contribution in [-0.4, -0.2) is 60.9 Å². The predicted octanol–water partition coefficient (Wildman–Crippen LogP) is 0.0668. The number of hydrogen-bond acceptors (Lipinski definition) is 3. The zero-order valence-corrected chi connectivity index (χ0v) is 11.2. The Labute approximate surface area is 108 Å². The van der Waals surface area contributed by atoms with E-state index in [1.807, 2.05) is 9.80 Å². The van der Waals surface area contributed by atoms with Crippen LogP contribution in [0.15, 0.2) is 0 Å². The molecule has 0 saturated carbocycles. The zero-order valence-electron chi connectivity index (χ0n) is 11.2. The molecule has 2 heterocycles. The summed E-state index contributed by atoms with van der Waals surface area (Å²) in [5.74, 6) is 0.926. The summed E-state index contributed by atoms with van der Waals surface area (Å²) >= 11 is 0. The highest BCUT2D eigenvalue weighted by Gasteiger charge is 2.24. The van der Waals surface area contributed by atoms with Gasteiger partial charge in [-0.1, -0.05) is 0 Å². The average Bonchev–Trinajstić information content (AvgIpc) is 2.40. The third-order valence-corrected chi connectivity index (χ3v) is 4.00. The quantitative estimate of drug-likeness (QED) is 0.757. The van der Waals surface area contributed by atoms with Gasteiger partial charge in [0.1, 0.15) is 0 Å². The lowest BCUT2D eigenvalue weighted by atomic mass is 9.94. The van der Waals surface area contributed by atoms with E-state index in [9.17, 15) is 9.59 Å². The molecule has 0 aromatic rings. The van der Waals surface area contributed by atoms with Gasteiger partial charge in [0.25, 0.3) is 0 Å². The summed E-state index contributed by atoms with van der Waals surface area (Å²) in [6.45, 7) is 6.44. The summed E-state index contributed by atoms with van der Waals surface area (Å²) in [7, 11) is 0. The van der Waals surface area contributed by atoms with Gasteiger partial charge in [0.2, 0.25) is 11.8 Å². The van der Waals surface area contributed by atoms with Gasteiger partial charge in [0, 0.05) is 39.5 Å². The molecule has 0 bridgehead atoms. The van der Waals surface area contributed by atoms with E-state index in [1.165, 1.54) is 0 Å². The molecule has 5 heteroatoms. The van der Waals surface area contributed by atoms with Crippen molar-refractivity contribution >= 4 is 11.8 Å². The van der Waals surface area contributed by atoms with E-state index in [2.05, 4.69) is 5.32 Å². The van der Waals surface area contributed by atoms with Crippen molar-refractivity contribution in [1.82, 2.24) is 15.1 Å². The molecule has 2 amide bonds. The summed E-state index contributed by atoms with van der Waals surface area (Å²) < 4.78 is 0. The second kappa shape index (κ2) is 6.18. The topological polar surface area (TPSA) is 52.7 Å². The second-order valence-electron chi connectivity index (χ2n) is 5.28. The standard InChI is InChI=1S/C13H23N3O2/c1-11(17)15-6-8-16(9-7-15)13(18)10-12-2-4-14-5-3-12/h12,14H,2-10H2,1H3. The third-order valence-electron chi connectivity index (χ3n) is 4.00. The number of nitrogens with zero attached hydrogens (tertiary/aromatic N) is 2. The van der Waals surface area contributed by atoms with Gasteiger partial charge in [-0.05, 0) is 31.8 Å². The van der Waals surface area contributed by atoms with Crippen LogP contribution >= 0.6 is 0 Å². The van der Waals surface area contributed by atoms with E-state index in [1.54, 1.807) is 6.92 Å². The number of carbonyl (C=O) groups excluding carboxylic acids is 2. The lowest BCUT2D eigenvalue weighted by Crippen LogP contribution is -2.50. The number of nitrogens with one attached hydrogen (secondary N) is 1. The molecule has 0 radical (unpaired) electrons. The summed E-state index contributed by atoms with van der Waals surface area (Å²) in [6.07, 6.45) is 2.90. The zero-order chi connectivity index (χ0) is 13.0. The third kappa shape index (κ3) is 3.45. The molecule has 0 spiro atoms. The molecule has 0 unspecified atom stereocenters. The molecule has 0 aliphatic carbocycles. The van der Waals surface area contributed by atoms with Gasteiger partial charge in [-0.25, -0.2) is 0 Å². The fourth-order valence-corrected chi connectivity index (χ4v) is 2.73. The summed E-state index contributed by atoms with van der Waals surface area (Å²) in [5, 5.41) is 3.32. The number of hydrogen-bond donors (Lipinski definition) is 1. The monoisotopic (exact) mass is 253 g/mol. The van der Waals surface area contributed by atoms with Crippen LogP contribution in [0.1, 0.15) is 26.2 Å². The SMILES string of the molecule is CC(=O)N1CCN(C(=O)CC2CCNCC2)CC1. The molecule has 2 aliphatic rings. The first kappa shape index (κ1) is 13.3. The van der Waals surface area contributed by atoms with Gasteiger partial charge in [-0.3, -0.25) is 9.59 Å². The molecule has 102 valence electrons. The van der Waals surface area contributed by atoms with Crippen LogP contribution in [0, 0.1) is 5.92 Å². The van der Waals surface area contributed by atoms with Crippen LogP contribution in [0.4, 0.5) is 0 Å². The van der Waals surface area contributed by atoms with E-state index in [-0.39, 0.29) is 11.8 Å². The van der Waals surface area contributed by atoms with E-state index in [0.717, 1.165) is 25.9 Å². The van der Waals surface area contributed by atoms with Gasteiger partial charge in [0.05, 0.1) is 0 Å². The average molecular weight is 253 g/mol. The van der Waals surface area contributed by atoms with E-state index in [4.69, 9.17) is 0 Å². The fourth-order valence-electron chi connectivity index (χ4n) is 2.73. The van der Waals surface area contributed by atoms with Crippen LogP contribution in [0.3, 0.4) is 0 Å².